The number of thiazole rings is 1. The first kappa shape index (κ1) is 12.2. The summed E-state index contributed by atoms with van der Waals surface area (Å²) in [6.07, 6.45) is 0. The van der Waals surface area contributed by atoms with Gasteiger partial charge < -0.3 is 15.2 Å². The van der Waals surface area contributed by atoms with E-state index < -0.39 is 0 Å². The van der Waals surface area contributed by atoms with E-state index in [4.69, 9.17) is 15.2 Å². The van der Waals surface area contributed by atoms with Crippen LogP contribution in [0.3, 0.4) is 0 Å². The minimum Gasteiger partial charge on any atom is -0.493 e. The van der Waals surface area contributed by atoms with Crippen molar-refractivity contribution >= 4 is 32.3 Å². The van der Waals surface area contributed by atoms with Crippen LogP contribution in [0.2, 0.25) is 0 Å². The third-order valence-corrected chi connectivity index (χ3v) is 3.64. The SMILES string of the molecule is COc1cc(Br)c(-c2ncsc2N)cc1OC. The van der Waals surface area contributed by atoms with Crippen LogP contribution in [-0.2, 0) is 0 Å². The highest BCUT2D eigenvalue weighted by molar-refractivity contribution is 9.10. The van der Waals surface area contributed by atoms with Gasteiger partial charge in [0, 0.05) is 10.0 Å². The fourth-order valence-electron chi connectivity index (χ4n) is 1.49. The molecule has 17 heavy (non-hydrogen) atoms. The van der Waals surface area contributed by atoms with Crippen LogP contribution in [0.4, 0.5) is 5.00 Å². The van der Waals surface area contributed by atoms with E-state index in [9.17, 15) is 0 Å². The molecule has 0 aliphatic carbocycles. The number of rotatable bonds is 3. The lowest BCUT2D eigenvalue weighted by atomic mass is 10.1. The van der Waals surface area contributed by atoms with Crippen molar-refractivity contribution in [3.05, 3.63) is 22.1 Å². The zero-order valence-corrected chi connectivity index (χ0v) is 11.8. The van der Waals surface area contributed by atoms with Crippen molar-refractivity contribution in [3.63, 3.8) is 0 Å². The van der Waals surface area contributed by atoms with Gasteiger partial charge in [-0.3, -0.25) is 0 Å². The Kier molecular flexibility index (Phi) is 3.54. The number of benzene rings is 1. The van der Waals surface area contributed by atoms with Gasteiger partial charge in [-0.15, -0.1) is 11.3 Å². The number of methoxy groups -OCH3 is 2. The van der Waals surface area contributed by atoms with Crippen LogP contribution in [0.5, 0.6) is 11.5 Å². The maximum atomic E-state index is 5.87. The van der Waals surface area contributed by atoms with Crippen LogP contribution in [0, 0.1) is 0 Å². The number of nitrogens with zero attached hydrogens (tertiary/aromatic N) is 1. The largest absolute Gasteiger partial charge is 0.493 e. The Bertz CT molecular complexity index is 542. The first-order valence-electron chi connectivity index (χ1n) is 4.78. The van der Waals surface area contributed by atoms with Gasteiger partial charge in [-0.1, -0.05) is 0 Å². The number of nitrogens with two attached hydrogens (primary N) is 1. The molecule has 0 fully saturated rings. The Hall–Kier alpha value is -1.27. The second kappa shape index (κ2) is 4.93. The van der Waals surface area contributed by atoms with Crippen molar-refractivity contribution < 1.29 is 9.47 Å². The number of hydrogen-bond donors (Lipinski definition) is 1. The van der Waals surface area contributed by atoms with Crippen molar-refractivity contribution in [2.45, 2.75) is 0 Å². The van der Waals surface area contributed by atoms with Gasteiger partial charge in [-0.2, -0.15) is 0 Å². The third kappa shape index (κ3) is 2.23. The van der Waals surface area contributed by atoms with Gasteiger partial charge in [0.2, 0.25) is 0 Å². The predicted octanol–water partition coefficient (Wildman–Crippen LogP) is 3.17. The standard InChI is InChI=1S/C11H11BrN2O2S/c1-15-8-3-6(7(12)4-9(8)16-2)10-11(13)17-5-14-10/h3-5H,13H2,1-2H3. The zero-order valence-electron chi connectivity index (χ0n) is 9.36. The van der Waals surface area contributed by atoms with Gasteiger partial charge in [-0.05, 0) is 28.1 Å². The molecule has 2 rings (SSSR count). The topological polar surface area (TPSA) is 57.4 Å². The second-order valence-electron chi connectivity index (χ2n) is 3.25. The molecule has 90 valence electrons. The normalized spacial score (nSPS) is 10.3. The van der Waals surface area contributed by atoms with Gasteiger partial charge in [0.15, 0.2) is 11.5 Å². The smallest absolute Gasteiger partial charge is 0.161 e. The maximum Gasteiger partial charge on any atom is 0.161 e. The molecule has 4 nitrogen and oxygen atoms in total. The van der Waals surface area contributed by atoms with Crippen LogP contribution in [0.25, 0.3) is 11.3 Å². The van der Waals surface area contributed by atoms with Crippen molar-refractivity contribution in [2.75, 3.05) is 20.0 Å². The minimum atomic E-state index is 0.651. The summed E-state index contributed by atoms with van der Waals surface area (Å²) in [6, 6.07) is 3.70. The summed E-state index contributed by atoms with van der Waals surface area (Å²) in [5.41, 5.74) is 9.23. The highest BCUT2D eigenvalue weighted by Crippen LogP contribution is 2.40. The zero-order chi connectivity index (χ0) is 12.4. The van der Waals surface area contributed by atoms with Gasteiger partial charge >= 0.3 is 0 Å². The highest BCUT2D eigenvalue weighted by Gasteiger charge is 2.14. The molecule has 1 aromatic carbocycles. The van der Waals surface area contributed by atoms with Gasteiger partial charge in [0.05, 0.1) is 19.7 Å². The molecule has 6 heteroatoms. The molecule has 0 amide bonds. The molecule has 0 aliphatic rings. The molecule has 0 saturated carbocycles. The second-order valence-corrected chi connectivity index (χ2v) is 4.99. The summed E-state index contributed by atoms with van der Waals surface area (Å²) in [7, 11) is 3.20. The quantitative estimate of drug-likeness (QED) is 0.945. The summed E-state index contributed by atoms with van der Waals surface area (Å²) in [5.74, 6) is 1.31. The van der Waals surface area contributed by atoms with Crippen LogP contribution in [-0.4, -0.2) is 19.2 Å². The number of ether oxygens (including phenoxy) is 2. The Morgan fingerprint density at radius 1 is 1.24 bits per heavy atom. The van der Waals surface area contributed by atoms with E-state index in [2.05, 4.69) is 20.9 Å². The molecule has 0 unspecified atom stereocenters. The van der Waals surface area contributed by atoms with E-state index in [0.29, 0.717) is 16.5 Å². The van der Waals surface area contributed by atoms with E-state index in [-0.39, 0.29) is 0 Å². The lowest BCUT2D eigenvalue weighted by molar-refractivity contribution is 0.355. The first-order chi connectivity index (χ1) is 8.17. The van der Waals surface area contributed by atoms with Crippen molar-refractivity contribution in [2.24, 2.45) is 0 Å². The number of hydrogen-bond acceptors (Lipinski definition) is 5. The highest BCUT2D eigenvalue weighted by atomic mass is 79.9. The predicted molar refractivity (Wildman–Crippen MR) is 72.8 cm³/mol. The Morgan fingerprint density at radius 3 is 2.41 bits per heavy atom. The molecule has 1 aromatic heterocycles. The van der Waals surface area contributed by atoms with Crippen molar-refractivity contribution in [3.8, 4) is 22.8 Å². The molecule has 0 atom stereocenters. The van der Waals surface area contributed by atoms with E-state index in [1.807, 2.05) is 12.1 Å². The molecule has 0 bridgehead atoms. The molecule has 0 spiro atoms. The lowest BCUT2D eigenvalue weighted by Crippen LogP contribution is -1.93. The first-order valence-corrected chi connectivity index (χ1v) is 6.45. The van der Waals surface area contributed by atoms with Crippen LogP contribution in [0.15, 0.2) is 22.1 Å². The number of anilines is 1. The molecule has 0 saturated heterocycles. The Morgan fingerprint density at radius 2 is 1.88 bits per heavy atom. The van der Waals surface area contributed by atoms with Gasteiger partial charge in [0.1, 0.15) is 10.7 Å². The van der Waals surface area contributed by atoms with Crippen LogP contribution in [0.1, 0.15) is 0 Å². The molecule has 2 aromatic rings. The summed E-state index contributed by atoms with van der Waals surface area (Å²) in [5, 5.41) is 0.679. The number of aromatic nitrogens is 1. The summed E-state index contributed by atoms with van der Waals surface area (Å²) < 4.78 is 11.3. The fourth-order valence-corrected chi connectivity index (χ4v) is 2.55. The minimum absolute atomic E-state index is 0.651. The van der Waals surface area contributed by atoms with Crippen molar-refractivity contribution in [1.82, 2.24) is 4.98 Å². The molecule has 0 radical (unpaired) electrons. The average molecular weight is 315 g/mol. The van der Waals surface area contributed by atoms with Crippen molar-refractivity contribution in [1.29, 1.82) is 0 Å². The van der Waals surface area contributed by atoms with E-state index in [0.717, 1.165) is 15.7 Å². The molecular weight excluding hydrogens is 304 g/mol. The third-order valence-electron chi connectivity index (χ3n) is 2.32. The van der Waals surface area contributed by atoms with E-state index in [1.54, 1.807) is 19.7 Å². The Labute approximate surface area is 112 Å². The molecule has 0 aliphatic heterocycles. The van der Waals surface area contributed by atoms with Crippen LogP contribution < -0.4 is 15.2 Å². The maximum absolute atomic E-state index is 5.87. The number of halogens is 1. The summed E-state index contributed by atoms with van der Waals surface area (Å²) in [4.78, 5) is 4.24. The Balaban J connectivity index is 2.59. The molecule has 2 N–H and O–H groups in total. The summed E-state index contributed by atoms with van der Waals surface area (Å²) in [6.45, 7) is 0. The molecule has 1 heterocycles. The summed E-state index contributed by atoms with van der Waals surface area (Å²) >= 11 is 4.89. The van der Waals surface area contributed by atoms with E-state index in [1.165, 1.54) is 11.3 Å². The number of nitrogen functional groups attached to an aromatic ring is 1. The lowest BCUT2D eigenvalue weighted by Gasteiger charge is -2.11. The van der Waals surface area contributed by atoms with Gasteiger partial charge in [-0.25, -0.2) is 4.98 Å². The fraction of sp³-hybridized carbons (Fsp3) is 0.182. The van der Waals surface area contributed by atoms with Crippen LogP contribution >= 0.6 is 27.3 Å². The van der Waals surface area contributed by atoms with Gasteiger partial charge in [0.25, 0.3) is 0 Å². The monoisotopic (exact) mass is 314 g/mol. The van der Waals surface area contributed by atoms with E-state index >= 15 is 0 Å². The molecular formula is C11H11BrN2O2S. The average Bonchev–Trinajstić information content (AvgIpc) is 2.75.